The molecule has 4 nitrogen and oxygen atoms in total. The van der Waals surface area contributed by atoms with E-state index in [1.807, 2.05) is 6.92 Å². The summed E-state index contributed by atoms with van der Waals surface area (Å²) in [6.45, 7) is 2.28. The van der Waals surface area contributed by atoms with Crippen molar-refractivity contribution in [3.63, 3.8) is 0 Å². The summed E-state index contributed by atoms with van der Waals surface area (Å²) < 4.78 is 27.2. The summed E-state index contributed by atoms with van der Waals surface area (Å²) in [7, 11) is -3.56. The van der Waals surface area contributed by atoms with Gasteiger partial charge in [0.2, 0.25) is 10.0 Å². The molecule has 21 heavy (non-hydrogen) atoms. The van der Waals surface area contributed by atoms with E-state index in [-0.39, 0.29) is 22.0 Å². The number of hydrogen-bond donors (Lipinski definition) is 1. The first kappa shape index (κ1) is 17.0. The van der Waals surface area contributed by atoms with E-state index in [4.69, 9.17) is 28.9 Å². The molecule has 0 radical (unpaired) electrons. The number of nitrogens with two attached hydrogens (primary N) is 1. The lowest BCUT2D eigenvalue weighted by Gasteiger charge is -2.34. The molecular formula is C14H20Cl2N2O2S. The highest BCUT2D eigenvalue weighted by Gasteiger charge is 2.32. The number of hydrogen-bond acceptors (Lipinski definition) is 3. The Morgan fingerprint density at radius 1 is 1.19 bits per heavy atom. The molecule has 1 aromatic carbocycles. The van der Waals surface area contributed by atoms with Gasteiger partial charge in [-0.2, -0.15) is 4.31 Å². The van der Waals surface area contributed by atoms with Gasteiger partial charge in [0.1, 0.15) is 0 Å². The Morgan fingerprint density at radius 2 is 1.81 bits per heavy atom. The van der Waals surface area contributed by atoms with E-state index in [1.165, 1.54) is 18.2 Å². The van der Waals surface area contributed by atoms with Crippen molar-refractivity contribution in [1.29, 1.82) is 0 Å². The summed E-state index contributed by atoms with van der Waals surface area (Å²) in [5, 5.41) is 0.599. The van der Waals surface area contributed by atoms with Crippen molar-refractivity contribution in [3.05, 3.63) is 28.2 Å². The lowest BCUT2D eigenvalue weighted by molar-refractivity contribution is 0.247. The normalized spacial score (nSPS) is 23.5. The summed E-state index contributed by atoms with van der Waals surface area (Å²) in [5.74, 6) is 0. The van der Waals surface area contributed by atoms with Gasteiger partial charge >= 0.3 is 0 Å². The van der Waals surface area contributed by atoms with Gasteiger partial charge in [-0.3, -0.25) is 0 Å². The molecule has 1 aliphatic carbocycles. The van der Waals surface area contributed by atoms with Crippen LogP contribution in [0.5, 0.6) is 0 Å². The quantitative estimate of drug-likeness (QED) is 0.906. The van der Waals surface area contributed by atoms with Crippen LogP contribution in [0, 0.1) is 0 Å². The molecule has 7 heteroatoms. The number of rotatable bonds is 4. The third kappa shape index (κ3) is 3.71. The number of halogens is 2. The number of nitrogens with zero attached hydrogens (tertiary/aromatic N) is 1. The van der Waals surface area contributed by atoms with Gasteiger partial charge in [-0.05, 0) is 43.9 Å². The van der Waals surface area contributed by atoms with Crippen LogP contribution in [-0.2, 0) is 10.0 Å². The molecule has 0 aliphatic heterocycles. The van der Waals surface area contributed by atoms with Crippen molar-refractivity contribution in [3.8, 4) is 0 Å². The highest BCUT2D eigenvalue weighted by molar-refractivity contribution is 7.89. The maximum Gasteiger partial charge on any atom is 0.243 e. The first-order valence-electron chi connectivity index (χ1n) is 7.08. The highest BCUT2D eigenvalue weighted by Crippen LogP contribution is 2.30. The fraction of sp³-hybridized carbons (Fsp3) is 0.571. The minimum atomic E-state index is -3.56. The van der Waals surface area contributed by atoms with E-state index in [1.54, 1.807) is 4.31 Å². The molecule has 0 atom stereocenters. The fourth-order valence-electron chi connectivity index (χ4n) is 2.79. The molecule has 0 unspecified atom stereocenters. The molecule has 118 valence electrons. The van der Waals surface area contributed by atoms with E-state index in [0.717, 1.165) is 25.7 Å². The van der Waals surface area contributed by atoms with Crippen molar-refractivity contribution in [1.82, 2.24) is 4.31 Å². The second-order valence-corrected chi connectivity index (χ2v) is 8.06. The summed E-state index contributed by atoms with van der Waals surface area (Å²) in [5.41, 5.74) is 5.90. The van der Waals surface area contributed by atoms with Crippen molar-refractivity contribution in [2.75, 3.05) is 6.54 Å². The Kier molecular flexibility index (Phi) is 5.54. The second kappa shape index (κ2) is 6.84. The Labute approximate surface area is 136 Å². The Balaban J connectivity index is 2.29. The van der Waals surface area contributed by atoms with Gasteiger partial charge in [-0.15, -0.1) is 0 Å². The maximum absolute atomic E-state index is 12.8. The van der Waals surface area contributed by atoms with E-state index >= 15 is 0 Å². The van der Waals surface area contributed by atoms with Crippen LogP contribution >= 0.6 is 23.2 Å². The summed E-state index contributed by atoms with van der Waals surface area (Å²) >= 11 is 11.8. The SMILES string of the molecule is CCN(C1CCC(N)CC1)S(=O)(=O)c1ccc(Cl)c(Cl)c1. The zero-order valence-corrected chi connectivity index (χ0v) is 14.3. The zero-order chi connectivity index (χ0) is 15.6. The van der Waals surface area contributed by atoms with Crippen LogP contribution in [-0.4, -0.2) is 31.4 Å². The maximum atomic E-state index is 12.8. The van der Waals surface area contributed by atoms with E-state index < -0.39 is 10.0 Å². The van der Waals surface area contributed by atoms with Gasteiger partial charge in [-0.1, -0.05) is 30.1 Å². The average Bonchev–Trinajstić information content (AvgIpc) is 2.44. The van der Waals surface area contributed by atoms with Gasteiger partial charge in [0.05, 0.1) is 14.9 Å². The predicted molar refractivity (Wildman–Crippen MR) is 86.3 cm³/mol. The lowest BCUT2D eigenvalue weighted by Crippen LogP contribution is -2.44. The summed E-state index contributed by atoms with van der Waals surface area (Å²) in [4.78, 5) is 0.189. The third-order valence-corrected chi connectivity index (χ3v) is 6.72. The molecule has 0 aromatic heterocycles. The average molecular weight is 351 g/mol. The molecule has 0 spiro atoms. The van der Waals surface area contributed by atoms with Crippen LogP contribution in [0.25, 0.3) is 0 Å². The third-order valence-electron chi connectivity index (χ3n) is 3.96. The lowest BCUT2D eigenvalue weighted by atomic mass is 9.92. The van der Waals surface area contributed by atoms with Crippen LogP contribution in [0.4, 0.5) is 0 Å². The van der Waals surface area contributed by atoms with Gasteiger partial charge in [0.25, 0.3) is 0 Å². The molecular weight excluding hydrogens is 331 g/mol. The summed E-state index contributed by atoms with van der Waals surface area (Å²) in [6, 6.07) is 4.63. The minimum absolute atomic E-state index is 0.00857. The molecule has 0 amide bonds. The smallest absolute Gasteiger partial charge is 0.243 e. The predicted octanol–water partition coefficient (Wildman–Crippen LogP) is 3.27. The first-order chi connectivity index (χ1) is 9.86. The molecule has 0 saturated heterocycles. The Bertz CT molecular complexity index is 599. The van der Waals surface area contributed by atoms with Crippen LogP contribution in [0.15, 0.2) is 23.1 Å². The van der Waals surface area contributed by atoms with Crippen molar-refractivity contribution in [2.45, 2.75) is 49.6 Å². The van der Waals surface area contributed by atoms with Crippen molar-refractivity contribution < 1.29 is 8.42 Å². The van der Waals surface area contributed by atoms with Gasteiger partial charge in [0, 0.05) is 18.6 Å². The molecule has 1 aliphatic rings. The van der Waals surface area contributed by atoms with Crippen LogP contribution < -0.4 is 5.73 Å². The molecule has 1 saturated carbocycles. The number of benzene rings is 1. The van der Waals surface area contributed by atoms with Gasteiger partial charge in [-0.25, -0.2) is 8.42 Å². The largest absolute Gasteiger partial charge is 0.328 e. The van der Waals surface area contributed by atoms with Crippen molar-refractivity contribution >= 4 is 33.2 Å². The fourth-order valence-corrected chi connectivity index (χ4v) is 4.87. The van der Waals surface area contributed by atoms with Gasteiger partial charge in [0.15, 0.2) is 0 Å². The molecule has 0 bridgehead atoms. The Morgan fingerprint density at radius 3 is 2.33 bits per heavy atom. The zero-order valence-electron chi connectivity index (χ0n) is 11.9. The van der Waals surface area contributed by atoms with Gasteiger partial charge < -0.3 is 5.73 Å². The molecule has 2 N–H and O–H groups in total. The van der Waals surface area contributed by atoms with E-state index in [9.17, 15) is 8.42 Å². The van der Waals surface area contributed by atoms with Crippen LogP contribution in [0.1, 0.15) is 32.6 Å². The standard InChI is InChI=1S/C14H20Cl2N2O2S/c1-2-18(11-5-3-10(17)4-6-11)21(19,20)12-7-8-13(15)14(16)9-12/h7-11H,2-6,17H2,1H3. The minimum Gasteiger partial charge on any atom is -0.328 e. The highest BCUT2D eigenvalue weighted by atomic mass is 35.5. The summed E-state index contributed by atoms with van der Waals surface area (Å²) in [6.07, 6.45) is 3.32. The molecule has 0 heterocycles. The van der Waals surface area contributed by atoms with E-state index in [0.29, 0.717) is 11.6 Å². The topological polar surface area (TPSA) is 63.4 Å². The first-order valence-corrected chi connectivity index (χ1v) is 9.28. The van der Waals surface area contributed by atoms with Crippen molar-refractivity contribution in [2.24, 2.45) is 5.73 Å². The molecule has 1 aromatic rings. The second-order valence-electron chi connectivity index (χ2n) is 5.35. The van der Waals surface area contributed by atoms with E-state index in [2.05, 4.69) is 0 Å². The van der Waals surface area contributed by atoms with Crippen LogP contribution in [0.3, 0.4) is 0 Å². The molecule has 2 rings (SSSR count). The molecule has 1 fully saturated rings. The monoisotopic (exact) mass is 350 g/mol. The number of sulfonamides is 1. The van der Waals surface area contributed by atoms with Crippen LogP contribution in [0.2, 0.25) is 10.0 Å². The Hall–Kier alpha value is -0.330.